The number of anilines is 1. The Morgan fingerprint density at radius 1 is 0.857 bits per heavy atom. The highest BCUT2D eigenvalue weighted by Gasteiger charge is 2.51. The van der Waals surface area contributed by atoms with Gasteiger partial charge in [0.15, 0.2) is 0 Å². The Morgan fingerprint density at radius 2 is 1.39 bits per heavy atom. The Labute approximate surface area is 167 Å². The molecule has 1 aromatic rings. The lowest BCUT2D eigenvalue weighted by molar-refractivity contribution is -0.138. The third kappa shape index (κ3) is 3.96. The molecule has 152 valence electrons. The van der Waals surface area contributed by atoms with Gasteiger partial charge in [0.1, 0.15) is 5.75 Å². The van der Waals surface area contributed by atoms with Crippen molar-refractivity contribution in [2.45, 2.75) is 26.2 Å². The number of carbonyl (C=O) groups excluding carboxylic acids is 2. The number of hydrogen-bond acceptors (Lipinski definition) is 4. The van der Waals surface area contributed by atoms with Crippen molar-refractivity contribution in [2.24, 2.45) is 17.8 Å². The molecule has 2 amide bonds. The first-order valence-electron chi connectivity index (χ1n) is 10.5. The lowest BCUT2D eigenvalue weighted by atomic mass is 9.99. The van der Waals surface area contributed by atoms with Crippen molar-refractivity contribution in [3.63, 3.8) is 0 Å². The van der Waals surface area contributed by atoms with Gasteiger partial charge in [-0.15, -0.1) is 0 Å². The van der Waals surface area contributed by atoms with Gasteiger partial charge in [-0.1, -0.05) is 6.92 Å². The first-order valence-corrected chi connectivity index (χ1v) is 10.5. The summed E-state index contributed by atoms with van der Waals surface area (Å²) >= 11 is 0. The monoisotopic (exact) mass is 385 g/mol. The van der Waals surface area contributed by atoms with Gasteiger partial charge in [-0.05, 0) is 49.4 Å². The number of piperidine rings is 1. The molecule has 1 aliphatic carbocycles. The van der Waals surface area contributed by atoms with Crippen molar-refractivity contribution in [3.8, 4) is 5.75 Å². The summed E-state index contributed by atoms with van der Waals surface area (Å²) in [6.07, 6.45) is 2.91. The molecular formula is C22H31N3O3. The van der Waals surface area contributed by atoms with Gasteiger partial charge in [-0.2, -0.15) is 0 Å². The first-order chi connectivity index (χ1) is 13.6. The van der Waals surface area contributed by atoms with Crippen LogP contribution in [0.1, 0.15) is 26.2 Å². The van der Waals surface area contributed by atoms with Gasteiger partial charge in [-0.25, -0.2) is 0 Å². The van der Waals surface area contributed by atoms with Gasteiger partial charge >= 0.3 is 0 Å². The maximum Gasteiger partial charge on any atom is 0.226 e. The zero-order chi connectivity index (χ0) is 19.7. The van der Waals surface area contributed by atoms with E-state index in [0.717, 1.165) is 70.0 Å². The summed E-state index contributed by atoms with van der Waals surface area (Å²) in [5.41, 5.74) is 1.16. The van der Waals surface area contributed by atoms with Crippen molar-refractivity contribution in [2.75, 3.05) is 51.3 Å². The molecule has 2 heterocycles. The van der Waals surface area contributed by atoms with Crippen LogP contribution in [0.4, 0.5) is 5.69 Å². The van der Waals surface area contributed by atoms with E-state index in [1.165, 1.54) is 0 Å². The number of amides is 2. The van der Waals surface area contributed by atoms with E-state index in [-0.39, 0.29) is 23.7 Å². The number of nitrogens with zero attached hydrogens (tertiary/aromatic N) is 3. The minimum Gasteiger partial charge on any atom is -0.497 e. The number of piperazine rings is 1. The largest absolute Gasteiger partial charge is 0.497 e. The molecule has 2 aliphatic heterocycles. The zero-order valence-corrected chi connectivity index (χ0v) is 17.0. The predicted molar refractivity (Wildman–Crippen MR) is 108 cm³/mol. The van der Waals surface area contributed by atoms with Crippen LogP contribution >= 0.6 is 0 Å². The molecule has 2 unspecified atom stereocenters. The fourth-order valence-electron chi connectivity index (χ4n) is 4.42. The van der Waals surface area contributed by atoms with E-state index in [0.29, 0.717) is 5.92 Å². The molecule has 0 N–H and O–H groups in total. The zero-order valence-electron chi connectivity index (χ0n) is 17.0. The number of benzene rings is 1. The molecule has 3 fully saturated rings. The lowest BCUT2D eigenvalue weighted by Crippen LogP contribution is -2.49. The average Bonchev–Trinajstić information content (AvgIpc) is 3.54. The van der Waals surface area contributed by atoms with Crippen LogP contribution in [-0.2, 0) is 9.59 Å². The fraction of sp³-hybridized carbons (Fsp3) is 0.636. The van der Waals surface area contributed by atoms with Gasteiger partial charge in [0.2, 0.25) is 11.8 Å². The van der Waals surface area contributed by atoms with Crippen molar-refractivity contribution in [1.29, 1.82) is 0 Å². The van der Waals surface area contributed by atoms with Crippen LogP contribution in [0, 0.1) is 17.8 Å². The van der Waals surface area contributed by atoms with Crippen LogP contribution in [0.15, 0.2) is 24.3 Å². The normalized spacial score (nSPS) is 25.6. The summed E-state index contributed by atoms with van der Waals surface area (Å²) in [7, 11) is 1.67. The van der Waals surface area contributed by atoms with E-state index in [2.05, 4.69) is 24.0 Å². The second-order valence-electron chi connectivity index (χ2n) is 8.47. The third-order valence-corrected chi connectivity index (χ3v) is 6.55. The molecular weight excluding hydrogens is 354 g/mol. The van der Waals surface area contributed by atoms with Crippen LogP contribution in [0.2, 0.25) is 0 Å². The Morgan fingerprint density at radius 3 is 1.93 bits per heavy atom. The Balaban J connectivity index is 1.26. The number of ether oxygens (including phenoxy) is 1. The molecule has 0 aromatic heterocycles. The molecule has 3 aliphatic rings. The summed E-state index contributed by atoms with van der Waals surface area (Å²) in [4.78, 5) is 31.8. The van der Waals surface area contributed by atoms with E-state index in [9.17, 15) is 9.59 Å². The molecule has 6 nitrogen and oxygen atoms in total. The van der Waals surface area contributed by atoms with Gasteiger partial charge in [0, 0.05) is 45.0 Å². The summed E-state index contributed by atoms with van der Waals surface area (Å²) < 4.78 is 5.21. The molecule has 6 heteroatoms. The SMILES string of the molecule is COc1ccc(N2CCN(C(=O)C3CC3C(=O)N3CCC(C)CC3)CC2)cc1. The van der Waals surface area contributed by atoms with Crippen LogP contribution in [0.3, 0.4) is 0 Å². The molecule has 4 rings (SSSR count). The van der Waals surface area contributed by atoms with Gasteiger partial charge < -0.3 is 19.4 Å². The molecule has 1 aromatic carbocycles. The number of carbonyl (C=O) groups is 2. The van der Waals surface area contributed by atoms with Crippen LogP contribution < -0.4 is 9.64 Å². The molecule has 2 saturated heterocycles. The highest BCUT2D eigenvalue weighted by Crippen LogP contribution is 2.42. The van der Waals surface area contributed by atoms with Crippen LogP contribution in [0.25, 0.3) is 0 Å². The smallest absolute Gasteiger partial charge is 0.226 e. The molecule has 0 bridgehead atoms. The van der Waals surface area contributed by atoms with E-state index in [4.69, 9.17) is 4.74 Å². The fourth-order valence-corrected chi connectivity index (χ4v) is 4.42. The van der Waals surface area contributed by atoms with E-state index < -0.39 is 0 Å². The van der Waals surface area contributed by atoms with Crippen LogP contribution in [-0.4, -0.2) is 68.0 Å². The summed E-state index contributed by atoms with van der Waals surface area (Å²) in [5.74, 6) is 1.80. The topological polar surface area (TPSA) is 53.1 Å². The van der Waals surface area contributed by atoms with Crippen molar-refractivity contribution < 1.29 is 14.3 Å². The molecule has 0 radical (unpaired) electrons. The van der Waals surface area contributed by atoms with Crippen molar-refractivity contribution in [3.05, 3.63) is 24.3 Å². The molecule has 2 atom stereocenters. The lowest BCUT2D eigenvalue weighted by Gasteiger charge is -2.36. The maximum atomic E-state index is 12.9. The second-order valence-corrected chi connectivity index (χ2v) is 8.47. The number of hydrogen-bond donors (Lipinski definition) is 0. The standard InChI is InChI=1S/C22H31N3O3/c1-16-7-9-24(10-8-16)21(26)19-15-20(19)22(27)25-13-11-23(12-14-25)17-3-5-18(28-2)6-4-17/h3-6,16,19-20H,7-15H2,1-2H3. The third-order valence-electron chi connectivity index (χ3n) is 6.55. The van der Waals surface area contributed by atoms with E-state index >= 15 is 0 Å². The van der Waals surface area contributed by atoms with E-state index in [1.54, 1.807) is 7.11 Å². The minimum atomic E-state index is -0.0839. The van der Waals surface area contributed by atoms with E-state index in [1.807, 2.05) is 21.9 Å². The Hall–Kier alpha value is -2.24. The Kier molecular flexibility index (Phi) is 5.47. The highest BCUT2D eigenvalue weighted by atomic mass is 16.5. The quantitative estimate of drug-likeness (QED) is 0.798. The van der Waals surface area contributed by atoms with Gasteiger partial charge in [0.05, 0.1) is 18.9 Å². The number of methoxy groups -OCH3 is 1. The summed E-state index contributed by atoms with van der Waals surface area (Å²) in [5, 5.41) is 0. The summed E-state index contributed by atoms with van der Waals surface area (Å²) in [6, 6.07) is 8.06. The van der Waals surface area contributed by atoms with Crippen molar-refractivity contribution in [1.82, 2.24) is 9.80 Å². The molecule has 1 saturated carbocycles. The maximum absolute atomic E-state index is 12.9. The van der Waals surface area contributed by atoms with Gasteiger partial charge in [-0.3, -0.25) is 9.59 Å². The minimum absolute atomic E-state index is 0.0690. The number of likely N-dealkylation sites (tertiary alicyclic amines) is 1. The molecule has 28 heavy (non-hydrogen) atoms. The first kappa shape index (κ1) is 19.1. The van der Waals surface area contributed by atoms with Crippen LogP contribution in [0.5, 0.6) is 5.75 Å². The Bertz CT molecular complexity index is 704. The average molecular weight is 386 g/mol. The molecule has 0 spiro atoms. The van der Waals surface area contributed by atoms with Crippen molar-refractivity contribution >= 4 is 17.5 Å². The predicted octanol–water partition coefficient (Wildman–Crippen LogP) is 2.24. The summed E-state index contributed by atoms with van der Waals surface area (Å²) in [6.45, 7) is 7.07. The number of rotatable bonds is 4. The second kappa shape index (κ2) is 8.02. The highest BCUT2D eigenvalue weighted by molar-refractivity contribution is 5.92. The van der Waals surface area contributed by atoms with Gasteiger partial charge in [0.25, 0.3) is 0 Å².